The van der Waals surface area contributed by atoms with Gasteiger partial charge in [0, 0.05) is 0 Å². The summed E-state index contributed by atoms with van der Waals surface area (Å²) in [5.41, 5.74) is -0.219. The molecule has 0 bridgehead atoms. The van der Waals surface area contributed by atoms with E-state index in [0.29, 0.717) is 25.7 Å². The molecule has 1 fully saturated rings. The maximum atomic E-state index is 13.3. The Morgan fingerprint density at radius 1 is 1.11 bits per heavy atom. The number of phenolic OH excluding ortho intramolecular Hbond substituents is 1. The zero-order valence-electron chi connectivity index (χ0n) is 22.7. The Bertz CT molecular complexity index is 1030. The number of phenols is 1. The van der Waals surface area contributed by atoms with Crippen LogP contribution in [0.3, 0.4) is 0 Å². The Hall–Kier alpha value is -3.63. The molecule has 0 spiro atoms. The molecule has 1 heterocycles. The van der Waals surface area contributed by atoms with Crippen LogP contribution in [0.5, 0.6) is 5.75 Å². The first-order valence-corrected chi connectivity index (χ1v) is 12.9. The number of para-hydroxylation sites is 1. The minimum atomic E-state index is -1.43. The molecule has 2 amide bonds. The first-order chi connectivity index (χ1) is 17.9. The van der Waals surface area contributed by atoms with E-state index in [1.54, 1.807) is 6.92 Å². The molecule has 1 aromatic rings. The molecule has 1 aliphatic rings. The Morgan fingerprint density at radius 3 is 2.37 bits per heavy atom. The molecule has 1 saturated heterocycles. The fourth-order valence-corrected chi connectivity index (χ4v) is 4.01. The first-order valence-electron chi connectivity index (χ1n) is 12.9. The molecule has 11 nitrogen and oxygen atoms in total. The van der Waals surface area contributed by atoms with Gasteiger partial charge in [-0.05, 0) is 44.7 Å². The second-order valence-electron chi connectivity index (χ2n) is 9.99. The number of ether oxygens (including phenoxy) is 3. The number of nitrogens with one attached hydrogen (secondary N) is 2. The lowest BCUT2D eigenvalue weighted by molar-refractivity contribution is -0.177. The summed E-state index contributed by atoms with van der Waals surface area (Å²) in [4.78, 5) is 62.9. The average molecular weight is 535 g/mol. The van der Waals surface area contributed by atoms with Crippen LogP contribution in [-0.2, 0) is 33.4 Å². The third kappa shape index (κ3) is 7.69. The van der Waals surface area contributed by atoms with E-state index in [1.165, 1.54) is 32.0 Å². The molecule has 6 atom stereocenters. The monoisotopic (exact) mass is 534 g/mol. The van der Waals surface area contributed by atoms with Gasteiger partial charge in [0.15, 0.2) is 17.9 Å². The topological polar surface area (TPSA) is 157 Å². The van der Waals surface area contributed by atoms with Gasteiger partial charge >= 0.3 is 17.9 Å². The quantitative estimate of drug-likeness (QED) is 0.178. The summed E-state index contributed by atoms with van der Waals surface area (Å²) in [6, 6.07) is 2.69. The lowest BCUT2D eigenvalue weighted by atomic mass is 9.90. The summed E-state index contributed by atoms with van der Waals surface area (Å²) >= 11 is 0. The first kappa shape index (κ1) is 30.6. The largest absolute Gasteiger partial charge is 0.505 e. The molecule has 1 aromatic carbocycles. The van der Waals surface area contributed by atoms with Crippen molar-refractivity contribution in [3.05, 3.63) is 23.8 Å². The van der Waals surface area contributed by atoms with Crippen LogP contribution in [0.1, 0.15) is 71.2 Å². The molecule has 11 heteroatoms. The molecule has 0 aliphatic carbocycles. The normalized spacial score (nSPS) is 24.7. The summed E-state index contributed by atoms with van der Waals surface area (Å²) < 4.78 is 16.9. The summed E-state index contributed by atoms with van der Waals surface area (Å²) in [5, 5.41) is 15.1. The molecule has 0 saturated carbocycles. The highest BCUT2D eigenvalue weighted by Gasteiger charge is 2.44. The number of cyclic esters (lactones) is 2. The third-order valence-electron chi connectivity index (χ3n) is 6.59. The Balaban J connectivity index is 2.37. The van der Waals surface area contributed by atoms with Gasteiger partial charge in [0.2, 0.25) is 6.41 Å². The van der Waals surface area contributed by atoms with Crippen molar-refractivity contribution in [2.24, 2.45) is 17.8 Å². The van der Waals surface area contributed by atoms with Crippen LogP contribution >= 0.6 is 0 Å². The van der Waals surface area contributed by atoms with E-state index in [1.807, 2.05) is 20.8 Å². The van der Waals surface area contributed by atoms with E-state index in [4.69, 9.17) is 14.2 Å². The van der Waals surface area contributed by atoms with Gasteiger partial charge in [-0.3, -0.25) is 19.2 Å². The van der Waals surface area contributed by atoms with E-state index >= 15 is 0 Å². The molecular formula is C27H38N2O9. The predicted molar refractivity (Wildman–Crippen MR) is 137 cm³/mol. The van der Waals surface area contributed by atoms with Crippen LogP contribution < -0.4 is 10.6 Å². The smallest absolute Gasteiger partial charge is 0.332 e. The number of hydrogen-bond acceptors (Lipinski definition) is 9. The van der Waals surface area contributed by atoms with Crippen molar-refractivity contribution in [2.45, 2.75) is 85.2 Å². The van der Waals surface area contributed by atoms with E-state index < -0.39 is 65.8 Å². The van der Waals surface area contributed by atoms with Crippen LogP contribution in [0.4, 0.5) is 5.69 Å². The number of esters is 3. The molecule has 2 rings (SSSR count). The molecule has 38 heavy (non-hydrogen) atoms. The molecule has 1 aliphatic heterocycles. The van der Waals surface area contributed by atoms with Crippen molar-refractivity contribution in [3.8, 4) is 5.75 Å². The van der Waals surface area contributed by atoms with Gasteiger partial charge in [-0.1, -0.05) is 40.2 Å². The molecule has 0 aromatic heterocycles. The van der Waals surface area contributed by atoms with Crippen molar-refractivity contribution in [2.75, 3.05) is 5.32 Å². The van der Waals surface area contributed by atoms with E-state index in [-0.39, 0.29) is 17.2 Å². The van der Waals surface area contributed by atoms with Crippen molar-refractivity contribution in [1.29, 1.82) is 0 Å². The Morgan fingerprint density at radius 2 is 1.76 bits per heavy atom. The van der Waals surface area contributed by atoms with Gasteiger partial charge in [-0.2, -0.15) is 0 Å². The number of amides is 2. The Kier molecular flexibility index (Phi) is 11.1. The van der Waals surface area contributed by atoms with Crippen LogP contribution in [0.25, 0.3) is 0 Å². The Labute approximate surface area is 222 Å². The fourth-order valence-electron chi connectivity index (χ4n) is 4.01. The second kappa shape index (κ2) is 13.8. The van der Waals surface area contributed by atoms with Crippen molar-refractivity contribution in [3.63, 3.8) is 0 Å². The minimum Gasteiger partial charge on any atom is -0.505 e. The van der Waals surface area contributed by atoms with E-state index in [2.05, 4.69) is 10.6 Å². The molecule has 210 valence electrons. The van der Waals surface area contributed by atoms with Gasteiger partial charge in [0.25, 0.3) is 5.91 Å². The standard InChI is InChI=1S/C27H38N2O9/c1-7-15(4)25(33)38-23-17(6)37-27(35)21(16(5)36-26(34)19(23)12-11-14(2)3)29-24(32)18-9-8-10-20(22(18)31)28-13-30/h8-10,13-17,19,21,23,31H,7,11-12H2,1-6H3,(H,28,30)(H,29,32). The van der Waals surface area contributed by atoms with Crippen molar-refractivity contribution >= 4 is 35.9 Å². The number of anilines is 1. The maximum absolute atomic E-state index is 13.3. The summed E-state index contributed by atoms with van der Waals surface area (Å²) in [6.07, 6.45) is -1.39. The number of hydrogen-bond donors (Lipinski definition) is 3. The fraction of sp³-hybridized carbons (Fsp3) is 0.593. The van der Waals surface area contributed by atoms with Gasteiger partial charge < -0.3 is 30.0 Å². The highest BCUT2D eigenvalue weighted by Crippen LogP contribution is 2.29. The summed E-state index contributed by atoms with van der Waals surface area (Å²) in [5.74, 6) is -4.51. The highest BCUT2D eigenvalue weighted by atomic mass is 16.6. The third-order valence-corrected chi connectivity index (χ3v) is 6.59. The van der Waals surface area contributed by atoms with Crippen molar-refractivity contribution < 1.29 is 43.3 Å². The summed E-state index contributed by atoms with van der Waals surface area (Å²) in [6.45, 7) is 10.5. The zero-order chi connectivity index (χ0) is 28.6. The number of aromatic hydroxyl groups is 1. The SMILES string of the molecule is CCC(C)C(=O)OC1C(C)OC(=O)C(NC(=O)c2cccc(NC=O)c2O)C(C)OC(=O)C1CCC(C)C. The number of rotatable bonds is 10. The van der Waals surface area contributed by atoms with Crippen molar-refractivity contribution in [1.82, 2.24) is 5.32 Å². The van der Waals surface area contributed by atoms with Gasteiger partial charge in [-0.15, -0.1) is 0 Å². The molecule has 6 unspecified atom stereocenters. The highest BCUT2D eigenvalue weighted by molar-refractivity contribution is 6.01. The molecular weight excluding hydrogens is 496 g/mol. The lowest BCUT2D eigenvalue weighted by Crippen LogP contribution is -2.50. The average Bonchev–Trinajstić information content (AvgIpc) is 2.88. The van der Waals surface area contributed by atoms with Gasteiger partial charge in [0.1, 0.15) is 12.2 Å². The van der Waals surface area contributed by atoms with Crippen LogP contribution in [0.2, 0.25) is 0 Å². The minimum absolute atomic E-state index is 0.00301. The zero-order valence-corrected chi connectivity index (χ0v) is 22.7. The molecule has 3 N–H and O–H groups in total. The van der Waals surface area contributed by atoms with Gasteiger partial charge in [-0.25, -0.2) is 4.79 Å². The van der Waals surface area contributed by atoms with E-state index in [9.17, 15) is 29.1 Å². The van der Waals surface area contributed by atoms with Crippen LogP contribution in [0.15, 0.2) is 18.2 Å². The van der Waals surface area contributed by atoms with Crippen LogP contribution in [0, 0.1) is 17.8 Å². The molecule has 0 radical (unpaired) electrons. The second-order valence-corrected chi connectivity index (χ2v) is 9.99. The number of carbonyl (C=O) groups is 5. The number of carbonyl (C=O) groups excluding carboxylic acids is 5. The lowest BCUT2D eigenvalue weighted by Gasteiger charge is -2.30. The maximum Gasteiger partial charge on any atom is 0.332 e. The number of benzene rings is 1. The predicted octanol–water partition coefficient (Wildman–Crippen LogP) is 2.95. The summed E-state index contributed by atoms with van der Waals surface area (Å²) in [7, 11) is 0. The van der Waals surface area contributed by atoms with Gasteiger partial charge in [0.05, 0.1) is 23.1 Å². The van der Waals surface area contributed by atoms with E-state index in [0.717, 1.165) is 0 Å². The van der Waals surface area contributed by atoms with Crippen LogP contribution in [-0.4, -0.2) is 59.7 Å².